The molecule has 4 aliphatic rings. The van der Waals surface area contributed by atoms with E-state index in [1.54, 1.807) is 21.6 Å². The Morgan fingerprint density at radius 2 is 1.82 bits per heavy atom. The molecule has 1 aromatic heterocycles. The van der Waals surface area contributed by atoms with Crippen molar-refractivity contribution in [1.29, 1.82) is 0 Å². The summed E-state index contributed by atoms with van der Waals surface area (Å²) in [7, 11) is -2.29. The average Bonchev–Trinajstić information content (AvgIpc) is 3.56. The number of carbonyl (C=O) groups is 2. The molecule has 4 aliphatic heterocycles. The highest BCUT2D eigenvalue weighted by molar-refractivity contribution is 6.74. The number of benzene rings is 4. The molecule has 0 unspecified atom stereocenters. The Bertz CT molecular complexity index is 2540. The first-order valence-electron chi connectivity index (χ1n) is 21.6. The van der Waals surface area contributed by atoms with Crippen molar-refractivity contribution in [3.05, 3.63) is 112 Å². The number of hydrogen-bond acceptors (Lipinski definition) is 9. The maximum Gasteiger partial charge on any atom is 0.419 e. The highest BCUT2D eigenvalue weighted by Gasteiger charge is 2.42. The second-order valence-electron chi connectivity index (χ2n) is 18.2. The van der Waals surface area contributed by atoms with E-state index in [-0.39, 0.29) is 35.0 Å². The number of ether oxygens (including phenoxy) is 1. The topological polar surface area (TPSA) is 159 Å². The number of hydrogen-bond donors (Lipinski definition) is 4. The van der Waals surface area contributed by atoms with Crippen molar-refractivity contribution in [2.24, 2.45) is 5.92 Å². The van der Waals surface area contributed by atoms with Gasteiger partial charge in [0.15, 0.2) is 26.3 Å². The fraction of sp³-hybridized carbons (Fsp3) is 0.396. The molecule has 4 aromatic carbocycles. The molecular weight excluding hydrogens is 803 g/mol. The van der Waals surface area contributed by atoms with E-state index in [2.05, 4.69) is 49.4 Å². The van der Waals surface area contributed by atoms with E-state index in [4.69, 9.17) is 13.6 Å². The van der Waals surface area contributed by atoms with Gasteiger partial charge in [-0.15, -0.1) is 0 Å². The lowest BCUT2D eigenvalue weighted by Gasteiger charge is -2.48. The van der Waals surface area contributed by atoms with Crippen LogP contribution in [0.15, 0.2) is 94.2 Å². The molecule has 0 radical (unpaired) electrons. The van der Waals surface area contributed by atoms with E-state index >= 15 is 0 Å². The Labute approximate surface area is 363 Å². The summed E-state index contributed by atoms with van der Waals surface area (Å²) in [5.74, 6) is -0.0975. The Balaban J connectivity index is 0.961. The predicted molar refractivity (Wildman–Crippen MR) is 244 cm³/mol. The first kappa shape index (κ1) is 43.0. The molecule has 5 aromatic rings. The third-order valence-electron chi connectivity index (χ3n) is 13.1. The molecule has 9 rings (SSSR count). The minimum absolute atomic E-state index is 0.0693. The van der Waals surface area contributed by atoms with Gasteiger partial charge in [0.25, 0.3) is 5.91 Å². The summed E-state index contributed by atoms with van der Waals surface area (Å²) >= 11 is 0. The summed E-state index contributed by atoms with van der Waals surface area (Å²) < 4.78 is 20.1. The fourth-order valence-electron chi connectivity index (χ4n) is 8.75. The first-order chi connectivity index (χ1) is 29.7. The largest absolute Gasteiger partial charge is 0.506 e. The number of rotatable bonds is 14. The fourth-order valence-corrected chi connectivity index (χ4v) is 10.0. The zero-order valence-corrected chi connectivity index (χ0v) is 37.1. The third kappa shape index (κ3) is 8.96. The van der Waals surface area contributed by atoms with Crippen LogP contribution in [0.5, 0.6) is 11.5 Å². The number of aromatic nitrogens is 1. The van der Waals surface area contributed by atoms with Crippen LogP contribution < -0.4 is 26.0 Å². The van der Waals surface area contributed by atoms with E-state index in [9.17, 15) is 24.6 Å². The lowest BCUT2D eigenvalue weighted by atomic mass is 9.82. The van der Waals surface area contributed by atoms with Crippen molar-refractivity contribution >= 4 is 48.9 Å². The van der Waals surface area contributed by atoms with Crippen LogP contribution in [0, 0.1) is 5.92 Å². The second-order valence-corrected chi connectivity index (χ2v) is 23.0. The quantitative estimate of drug-likeness (QED) is 0.0628. The normalized spacial score (nSPS) is 19.3. The number of allylic oxidation sites excluding steroid dienone is 1. The maximum atomic E-state index is 13.1. The molecule has 5 heterocycles. The molecule has 13 nitrogen and oxygen atoms in total. The van der Waals surface area contributed by atoms with Gasteiger partial charge in [-0.3, -0.25) is 14.3 Å². The minimum atomic E-state index is -2.29. The van der Waals surface area contributed by atoms with E-state index in [1.165, 1.54) is 0 Å². The number of carboxylic acid groups (broad SMARTS) is 1. The van der Waals surface area contributed by atoms with Crippen molar-refractivity contribution in [3.63, 3.8) is 0 Å². The molecule has 3 fully saturated rings. The number of carbonyl (C=O) groups excluding carboxylic acids is 1. The molecule has 0 spiro atoms. The van der Waals surface area contributed by atoms with Crippen LogP contribution in [0.25, 0.3) is 28.3 Å². The molecule has 4 N–H and O–H groups in total. The van der Waals surface area contributed by atoms with E-state index in [0.717, 1.165) is 60.3 Å². The first-order valence-corrected chi connectivity index (χ1v) is 24.5. The predicted octanol–water partition coefficient (Wildman–Crippen LogP) is 8.83. The standard InChI is InChI=1S/C48H57N5O8Si/c1-48(2,3)62(4,5)61-42(36-17-19-40(54)44-45(36)59-30-43(55)50-44)28-49-27-32-15-18-37-41(26-32)60-47(58)52(37)22-10-9-11-31-14-16-35(33-12-7-6-8-13-33)38(25-31)53(46(56)57)39-29-51-23-20-34(39)21-24-51/h6-9,11-19,25-26,34,39,42,49,54H,10,20-24,27-30H2,1-5H3,(H,50,55)(H,56,57)/b11-9+/t39-,42+/m0/s1. The molecule has 2 amide bonds. The maximum absolute atomic E-state index is 13.1. The molecule has 3 saturated heterocycles. The number of fused-ring (bicyclic) bond motifs is 5. The molecular formula is C48H57N5O8Si. The number of nitrogens with zero attached hydrogens (tertiary/aromatic N) is 3. The summed E-state index contributed by atoms with van der Waals surface area (Å²) in [4.78, 5) is 42.2. The Morgan fingerprint density at radius 1 is 1.05 bits per heavy atom. The summed E-state index contributed by atoms with van der Waals surface area (Å²) in [5, 5.41) is 27.4. The molecule has 62 heavy (non-hydrogen) atoms. The van der Waals surface area contributed by atoms with E-state index in [1.807, 2.05) is 78.9 Å². The van der Waals surface area contributed by atoms with Crippen molar-refractivity contribution in [3.8, 4) is 22.6 Å². The van der Waals surface area contributed by atoms with Gasteiger partial charge in [-0.1, -0.05) is 81.5 Å². The van der Waals surface area contributed by atoms with Crippen LogP contribution in [0.2, 0.25) is 18.1 Å². The van der Waals surface area contributed by atoms with E-state index < -0.39 is 26.3 Å². The molecule has 14 heteroatoms. The van der Waals surface area contributed by atoms with Gasteiger partial charge < -0.3 is 39.3 Å². The third-order valence-corrected chi connectivity index (χ3v) is 17.6. The highest BCUT2D eigenvalue weighted by atomic mass is 28.4. The smallest absolute Gasteiger partial charge is 0.419 e. The number of amides is 2. The van der Waals surface area contributed by atoms with Crippen LogP contribution in [0.1, 0.15) is 62.8 Å². The average molecular weight is 860 g/mol. The highest BCUT2D eigenvalue weighted by Crippen LogP contribution is 2.46. The van der Waals surface area contributed by atoms with Gasteiger partial charge in [-0.25, -0.2) is 9.59 Å². The summed E-state index contributed by atoms with van der Waals surface area (Å²) in [6.45, 7) is 14.8. The monoisotopic (exact) mass is 859 g/mol. The summed E-state index contributed by atoms with van der Waals surface area (Å²) in [6.07, 6.45) is 5.19. The number of phenolic OH excluding ortho intramolecular Hbond substituents is 1. The van der Waals surface area contributed by atoms with Crippen molar-refractivity contribution in [1.82, 2.24) is 14.8 Å². The number of anilines is 2. The van der Waals surface area contributed by atoms with Crippen LogP contribution in [0.3, 0.4) is 0 Å². The number of piperidine rings is 3. The van der Waals surface area contributed by atoms with E-state index in [0.29, 0.717) is 54.5 Å². The zero-order valence-electron chi connectivity index (χ0n) is 36.1. The van der Waals surface area contributed by atoms with Gasteiger partial charge in [0.2, 0.25) is 0 Å². The van der Waals surface area contributed by atoms with Gasteiger partial charge >= 0.3 is 11.8 Å². The second kappa shape index (κ2) is 17.6. The number of nitrogens with one attached hydrogen (secondary N) is 2. The Morgan fingerprint density at radius 3 is 2.53 bits per heavy atom. The van der Waals surface area contributed by atoms with Crippen molar-refractivity contribution < 1.29 is 33.4 Å². The lowest BCUT2D eigenvalue weighted by Crippen LogP contribution is -2.59. The summed E-state index contributed by atoms with van der Waals surface area (Å²) in [5.41, 5.74) is 6.52. The van der Waals surface area contributed by atoms with Gasteiger partial charge in [0.1, 0.15) is 11.4 Å². The Kier molecular flexibility index (Phi) is 12.2. The van der Waals surface area contributed by atoms with Crippen LogP contribution in [0.4, 0.5) is 16.2 Å². The minimum Gasteiger partial charge on any atom is -0.506 e. The summed E-state index contributed by atoms with van der Waals surface area (Å²) in [6, 6.07) is 24.9. The number of aromatic hydroxyl groups is 1. The number of oxazole rings is 1. The number of phenols is 1. The van der Waals surface area contributed by atoms with Crippen LogP contribution in [-0.2, 0) is 22.3 Å². The van der Waals surface area contributed by atoms with Gasteiger partial charge in [0, 0.05) is 37.3 Å². The van der Waals surface area contributed by atoms with Crippen molar-refractivity contribution in [2.75, 3.05) is 43.0 Å². The van der Waals surface area contributed by atoms with Crippen molar-refractivity contribution in [2.45, 2.75) is 83.4 Å². The van der Waals surface area contributed by atoms with Gasteiger partial charge in [-0.2, -0.15) is 0 Å². The number of aryl methyl sites for hydroxylation is 1. The molecule has 2 bridgehead atoms. The molecule has 0 aliphatic carbocycles. The lowest BCUT2D eigenvalue weighted by molar-refractivity contribution is -0.118. The SMILES string of the molecule is CC(C)(C)[Si](C)(C)O[C@H](CNCc1ccc2c(c1)oc(=O)n2CC/C=C/c1ccc(-c2ccccc2)c(N(C(=O)O)[C@H]2CN3CCC2CC3)c1)c1ccc(O)c2c1OCC(=O)N2. The molecule has 0 saturated carbocycles. The Hall–Kier alpha value is -5.67. The van der Waals surface area contributed by atoms with Gasteiger partial charge in [0.05, 0.1) is 23.3 Å². The molecule has 326 valence electrons. The van der Waals surface area contributed by atoms with Crippen LogP contribution >= 0.6 is 0 Å². The van der Waals surface area contributed by atoms with Crippen LogP contribution in [-0.4, -0.2) is 78.8 Å². The van der Waals surface area contributed by atoms with Gasteiger partial charge in [-0.05, 0) is 103 Å². The zero-order chi connectivity index (χ0) is 43.8. The molecule has 2 atom stereocenters.